The normalized spacial score (nSPS) is 14.1. The van der Waals surface area contributed by atoms with Crippen molar-refractivity contribution in [3.63, 3.8) is 0 Å². The molecule has 4 aromatic rings. The van der Waals surface area contributed by atoms with Crippen molar-refractivity contribution in [2.24, 2.45) is 0 Å². The number of aromatic nitrogens is 4. The lowest BCUT2D eigenvalue weighted by Crippen LogP contribution is -2.35. The molecule has 0 aliphatic carbocycles. The van der Waals surface area contributed by atoms with Gasteiger partial charge >= 0.3 is 0 Å². The Kier molecular flexibility index (Phi) is 4.81. The summed E-state index contributed by atoms with van der Waals surface area (Å²) < 4.78 is 0. The van der Waals surface area contributed by atoms with Crippen molar-refractivity contribution in [3.05, 3.63) is 86.7 Å². The minimum Gasteiger partial charge on any atom is -0.306 e. The van der Waals surface area contributed by atoms with Gasteiger partial charge < -0.3 is 4.98 Å². The number of H-pyrrole nitrogens is 1. The Morgan fingerprint density at radius 1 is 1.20 bits per heavy atom. The van der Waals surface area contributed by atoms with E-state index in [1.807, 2.05) is 25.1 Å². The molecule has 5 rings (SSSR count). The largest absolute Gasteiger partial charge is 0.306 e. The Labute approximate surface area is 178 Å². The third-order valence-electron chi connectivity index (χ3n) is 5.48. The van der Waals surface area contributed by atoms with Crippen LogP contribution in [0.3, 0.4) is 0 Å². The molecule has 0 amide bonds. The summed E-state index contributed by atoms with van der Waals surface area (Å²) in [5, 5.41) is 1.58. The van der Waals surface area contributed by atoms with Gasteiger partial charge in [-0.1, -0.05) is 23.7 Å². The summed E-state index contributed by atoms with van der Waals surface area (Å²) in [5.41, 5.74) is 5.31. The molecule has 6 nitrogen and oxygen atoms in total. The molecular weight excluding hydrogens is 398 g/mol. The van der Waals surface area contributed by atoms with Crippen molar-refractivity contribution in [1.82, 2.24) is 24.8 Å². The molecule has 0 fully saturated rings. The first-order valence-corrected chi connectivity index (χ1v) is 10.3. The number of hydrogen-bond acceptors (Lipinski definition) is 5. The highest BCUT2D eigenvalue weighted by molar-refractivity contribution is 6.30. The number of pyridine rings is 2. The molecule has 7 heteroatoms. The van der Waals surface area contributed by atoms with E-state index in [1.54, 1.807) is 12.4 Å². The fraction of sp³-hybridized carbons (Fsp3) is 0.217. The molecule has 30 heavy (non-hydrogen) atoms. The van der Waals surface area contributed by atoms with Crippen LogP contribution in [0.5, 0.6) is 0 Å². The molecule has 4 heterocycles. The molecule has 1 aliphatic rings. The van der Waals surface area contributed by atoms with Crippen LogP contribution in [0.25, 0.3) is 22.3 Å². The van der Waals surface area contributed by atoms with E-state index in [1.165, 1.54) is 0 Å². The third kappa shape index (κ3) is 3.60. The number of fused-ring (bicyclic) bond motifs is 2. The van der Waals surface area contributed by atoms with Gasteiger partial charge in [0.1, 0.15) is 11.0 Å². The first-order valence-electron chi connectivity index (χ1n) is 9.87. The van der Waals surface area contributed by atoms with Gasteiger partial charge in [-0.25, -0.2) is 9.97 Å². The fourth-order valence-corrected chi connectivity index (χ4v) is 4.11. The zero-order valence-electron chi connectivity index (χ0n) is 16.5. The summed E-state index contributed by atoms with van der Waals surface area (Å²) >= 11 is 6.47. The lowest BCUT2D eigenvalue weighted by Gasteiger charge is -2.28. The number of rotatable bonds is 3. The Bertz CT molecular complexity index is 1300. The molecule has 3 aromatic heterocycles. The molecule has 1 aromatic carbocycles. The average molecular weight is 418 g/mol. The second-order valence-electron chi connectivity index (χ2n) is 7.68. The number of aromatic amines is 1. The van der Waals surface area contributed by atoms with Crippen LogP contribution in [0.1, 0.15) is 22.4 Å². The van der Waals surface area contributed by atoms with Crippen LogP contribution in [-0.2, 0) is 19.5 Å². The van der Waals surface area contributed by atoms with Gasteiger partial charge in [-0.05, 0) is 36.8 Å². The molecule has 1 N–H and O–H groups in total. The monoisotopic (exact) mass is 417 g/mol. The number of aryl methyl sites for hydroxylation is 1. The maximum absolute atomic E-state index is 12.7. The van der Waals surface area contributed by atoms with Crippen molar-refractivity contribution in [2.45, 2.75) is 26.4 Å². The van der Waals surface area contributed by atoms with E-state index < -0.39 is 0 Å². The van der Waals surface area contributed by atoms with E-state index in [0.717, 1.165) is 45.4 Å². The zero-order valence-corrected chi connectivity index (χ0v) is 17.3. The Morgan fingerprint density at radius 3 is 2.93 bits per heavy atom. The van der Waals surface area contributed by atoms with Gasteiger partial charge in [0.25, 0.3) is 5.56 Å². The van der Waals surface area contributed by atoms with Gasteiger partial charge in [0.05, 0.1) is 16.8 Å². The van der Waals surface area contributed by atoms with Gasteiger partial charge in [0.15, 0.2) is 0 Å². The van der Waals surface area contributed by atoms with Crippen molar-refractivity contribution < 1.29 is 0 Å². The highest BCUT2D eigenvalue weighted by Crippen LogP contribution is 2.25. The van der Waals surface area contributed by atoms with Crippen molar-refractivity contribution in [2.75, 3.05) is 6.54 Å². The standard InChI is InChI=1S/C23H20ClN5O/c1-14-4-5-15-10-17(21(24)26-20(15)9-14)12-29-8-6-19-18(13-29)23(30)28-22(27-19)16-3-2-7-25-11-16/h2-5,7,9-11H,6,8,12-13H2,1H3,(H,27,28,30). The highest BCUT2D eigenvalue weighted by atomic mass is 35.5. The topological polar surface area (TPSA) is 74.8 Å². The molecule has 0 saturated carbocycles. The van der Waals surface area contributed by atoms with Gasteiger partial charge in [-0.2, -0.15) is 0 Å². The highest BCUT2D eigenvalue weighted by Gasteiger charge is 2.22. The van der Waals surface area contributed by atoms with E-state index >= 15 is 0 Å². The quantitative estimate of drug-likeness (QED) is 0.512. The predicted molar refractivity (Wildman–Crippen MR) is 117 cm³/mol. The second-order valence-corrected chi connectivity index (χ2v) is 8.03. The molecule has 0 radical (unpaired) electrons. The maximum atomic E-state index is 12.7. The molecule has 0 saturated heterocycles. The third-order valence-corrected chi connectivity index (χ3v) is 5.80. The molecule has 150 valence electrons. The van der Waals surface area contributed by atoms with Crippen LogP contribution < -0.4 is 5.56 Å². The fourth-order valence-electron chi connectivity index (χ4n) is 3.90. The number of nitrogens with one attached hydrogen (secondary N) is 1. The van der Waals surface area contributed by atoms with Crippen LogP contribution in [0.2, 0.25) is 5.15 Å². The number of nitrogens with zero attached hydrogens (tertiary/aromatic N) is 4. The van der Waals surface area contributed by atoms with Crippen LogP contribution >= 0.6 is 11.6 Å². The van der Waals surface area contributed by atoms with Crippen LogP contribution in [0.4, 0.5) is 0 Å². The van der Waals surface area contributed by atoms with E-state index in [2.05, 4.69) is 38.1 Å². The number of hydrogen-bond donors (Lipinski definition) is 1. The molecule has 0 bridgehead atoms. The lowest BCUT2D eigenvalue weighted by molar-refractivity contribution is 0.242. The summed E-state index contributed by atoms with van der Waals surface area (Å²) in [4.78, 5) is 31.2. The summed E-state index contributed by atoms with van der Waals surface area (Å²) in [6.07, 6.45) is 4.12. The lowest BCUT2D eigenvalue weighted by atomic mass is 10.1. The molecule has 0 spiro atoms. The Morgan fingerprint density at radius 2 is 2.10 bits per heavy atom. The SMILES string of the molecule is Cc1ccc2cc(CN3CCc4nc(-c5cccnc5)[nH]c(=O)c4C3)c(Cl)nc2c1. The van der Waals surface area contributed by atoms with Crippen LogP contribution in [-0.4, -0.2) is 31.4 Å². The Hall–Kier alpha value is -3.09. The van der Waals surface area contributed by atoms with E-state index in [4.69, 9.17) is 16.6 Å². The smallest absolute Gasteiger partial charge is 0.255 e. The van der Waals surface area contributed by atoms with Crippen molar-refractivity contribution >= 4 is 22.5 Å². The van der Waals surface area contributed by atoms with Crippen LogP contribution in [0.15, 0.2) is 53.6 Å². The number of benzene rings is 1. The molecule has 1 aliphatic heterocycles. The van der Waals surface area contributed by atoms with Crippen molar-refractivity contribution in [1.29, 1.82) is 0 Å². The maximum Gasteiger partial charge on any atom is 0.255 e. The zero-order chi connectivity index (χ0) is 20.7. The summed E-state index contributed by atoms with van der Waals surface area (Å²) in [6.45, 7) is 4.02. The number of halogens is 1. The summed E-state index contributed by atoms with van der Waals surface area (Å²) in [6, 6.07) is 12.0. The van der Waals surface area contributed by atoms with Gasteiger partial charge in [-0.3, -0.25) is 14.7 Å². The first-order chi connectivity index (χ1) is 14.6. The average Bonchev–Trinajstić information content (AvgIpc) is 2.75. The molecular formula is C23H20ClN5O. The second kappa shape index (κ2) is 7.63. The van der Waals surface area contributed by atoms with Crippen LogP contribution in [0, 0.1) is 6.92 Å². The van der Waals surface area contributed by atoms with Crippen molar-refractivity contribution in [3.8, 4) is 11.4 Å². The minimum atomic E-state index is -0.0956. The molecule has 0 atom stereocenters. The minimum absolute atomic E-state index is 0.0956. The first kappa shape index (κ1) is 18.9. The predicted octanol–water partition coefficient (Wildman–Crippen LogP) is 3.90. The van der Waals surface area contributed by atoms with Gasteiger partial charge in [0, 0.05) is 55.0 Å². The van der Waals surface area contributed by atoms with E-state index in [9.17, 15) is 4.79 Å². The summed E-state index contributed by atoms with van der Waals surface area (Å²) in [5.74, 6) is 0.567. The Balaban J connectivity index is 1.41. The molecule has 0 unspecified atom stereocenters. The van der Waals surface area contributed by atoms with E-state index in [-0.39, 0.29) is 5.56 Å². The van der Waals surface area contributed by atoms with Gasteiger partial charge in [-0.15, -0.1) is 0 Å². The van der Waals surface area contributed by atoms with E-state index in [0.29, 0.717) is 30.5 Å². The summed E-state index contributed by atoms with van der Waals surface area (Å²) in [7, 11) is 0. The van der Waals surface area contributed by atoms with Gasteiger partial charge in [0.2, 0.25) is 0 Å².